The molecule has 1 aliphatic carbocycles. The lowest BCUT2D eigenvalue weighted by molar-refractivity contribution is -0.153. The molecular weight excluding hydrogens is 375 g/mol. The Bertz CT molecular complexity index is 753. The molecule has 0 unspecified atom stereocenters. The molecule has 3 rings (SSSR count). The predicted octanol–water partition coefficient (Wildman–Crippen LogP) is 3.31. The molecular formula is C19H24ClFN2O4. The predicted molar refractivity (Wildman–Crippen MR) is 97.5 cm³/mol. The van der Waals surface area contributed by atoms with Crippen LogP contribution in [0.3, 0.4) is 0 Å². The number of likely N-dealkylation sites (tertiary alicyclic amines) is 1. The molecule has 1 saturated carbocycles. The van der Waals surface area contributed by atoms with Gasteiger partial charge in [0.05, 0.1) is 13.2 Å². The van der Waals surface area contributed by atoms with Gasteiger partial charge in [-0.15, -0.1) is 0 Å². The summed E-state index contributed by atoms with van der Waals surface area (Å²) in [5.41, 5.74) is -0.726. The van der Waals surface area contributed by atoms with Gasteiger partial charge in [-0.1, -0.05) is 28.2 Å². The molecule has 8 heteroatoms. The van der Waals surface area contributed by atoms with Gasteiger partial charge in [0.1, 0.15) is 11.6 Å². The van der Waals surface area contributed by atoms with E-state index in [2.05, 4.69) is 0 Å². The third-order valence-corrected chi connectivity index (χ3v) is 5.31. The highest BCUT2D eigenvalue weighted by molar-refractivity contribution is 6.30. The second kappa shape index (κ2) is 6.95. The van der Waals surface area contributed by atoms with Crippen LogP contribution < -0.4 is 0 Å². The highest BCUT2D eigenvalue weighted by atomic mass is 35.5. The Balaban J connectivity index is 1.76. The number of aliphatic hydroxyl groups excluding tert-OH is 1. The Labute approximate surface area is 162 Å². The molecule has 2 fully saturated rings. The number of ether oxygens (including phenoxy) is 1. The van der Waals surface area contributed by atoms with Crippen molar-refractivity contribution in [2.75, 3.05) is 6.61 Å². The molecule has 1 heterocycles. The van der Waals surface area contributed by atoms with Crippen molar-refractivity contribution in [3.63, 3.8) is 0 Å². The first-order valence-electron chi connectivity index (χ1n) is 8.90. The van der Waals surface area contributed by atoms with Gasteiger partial charge in [-0.25, -0.2) is 4.79 Å². The van der Waals surface area contributed by atoms with E-state index in [9.17, 15) is 19.2 Å². The van der Waals surface area contributed by atoms with E-state index in [1.54, 1.807) is 45.0 Å². The molecule has 0 spiro atoms. The van der Waals surface area contributed by atoms with Crippen LogP contribution >= 0.6 is 11.6 Å². The number of halogens is 2. The smallest absolute Gasteiger partial charge is 0.411 e. The number of hydrogen-bond acceptors (Lipinski definition) is 4. The summed E-state index contributed by atoms with van der Waals surface area (Å²) in [6, 6.07) is 5.29. The van der Waals surface area contributed by atoms with Gasteiger partial charge in [-0.05, 0) is 51.3 Å². The molecule has 27 heavy (non-hydrogen) atoms. The molecule has 1 aromatic rings. The third-order valence-electron chi connectivity index (χ3n) is 5.07. The Kier molecular flexibility index (Phi) is 5.12. The van der Waals surface area contributed by atoms with Crippen LogP contribution in [0.1, 0.15) is 39.2 Å². The first kappa shape index (κ1) is 19.9. The summed E-state index contributed by atoms with van der Waals surface area (Å²) in [5, 5.41) is 10.2. The maximum Gasteiger partial charge on any atom is 0.411 e. The molecule has 1 N–H and O–H groups in total. The molecule has 2 aliphatic rings. The molecule has 1 saturated heterocycles. The van der Waals surface area contributed by atoms with Crippen LogP contribution in [-0.2, 0) is 16.1 Å². The summed E-state index contributed by atoms with van der Waals surface area (Å²) in [6.07, 6.45) is 0.157. The number of benzene rings is 1. The van der Waals surface area contributed by atoms with Crippen LogP contribution in [0.2, 0.25) is 5.02 Å². The van der Waals surface area contributed by atoms with Crippen molar-refractivity contribution in [1.82, 2.24) is 10.0 Å². The van der Waals surface area contributed by atoms with Crippen LogP contribution in [0.5, 0.6) is 0 Å². The van der Waals surface area contributed by atoms with E-state index in [4.69, 9.17) is 16.3 Å². The minimum atomic E-state index is -0.991. The van der Waals surface area contributed by atoms with Crippen molar-refractivity contribution in [3.8, 4) is 0 Å². The highest BCUT2D eigenvalue weighted by Crippen LogP contribution is 2.59. The fraction of sp³-hybridized carbons (Fsp3) is 0.579. The Morgan fingerprint density at radius 2 is 2.11 bits per heavy atom. The van der Waals surface area contributed by atoms with Crippen molar-refractivity contribution in [2.24, 2.45) is 5.41 Å². The molecule has 3 atom stereocenters. The summed E-state index contributed by atoms with van der Waals surface area (Å²) in [7, 11) is 0. The Morgan fingerprint density at radius 3 is 2.70 bits per heavy atom. The zero-order valence-corrected chi connectivity index (χ0v) is 16.4. The molecule has 1 aromatic carbocycles. The molecule has 0 aromatic heterocycles. The monoisotopic (exact) mass is 398 g/mol. The number of carbonyl (C=O) groups is 2. The van der Waals surface area contributed by atoms with Crippen molar-refractivity contribution < 1.29 is 23.9 Å². The largest absolute Gasteiger partial charge is 0.444 e. The van der Waals surface area contributed by atoms with E-state index in [0.717, 1.165) is 0 Å². The summed E-state index contributed by atoms with van der Waals surface area (Å²) < 4.78 is 20.0. The van der Waals surface area contributed by atoms with Gasteiger partial charge in [0, 0.05) is 16.5 Å². The van der Waals surface area contributed by atoms with Gasteiger partial charge >= 0.3 is 6.09 Å². The fourth-order valence-corrected chi connectivity index (χ4v) is 3.90. The second-order valence-electron chi connectivity index (χ2n) is 8.34. The van der Waals surface area contributed by atoms with Crippen LogP contribution in [0.15, 0.2) is 24.3 Å². The number of rotatable bonds is 4. The van der Waals surface area contributed by atoms with Crippen LogP contribution in [0.25, 0.3) is 0 Å². The third kappa shape index (κ3) is 4.04. The number of amides is 2. The number of nitrogens with zero attached hydrogens (tertiary/aromatic N) is 2. The summed E-state index contributed by atoms with van der Waals surface area (Å²) >= 11 is 5.90. The topological polar surface area (TPSA) is 70.1 Å². The summed E-state index contributed by atoms with van der Waals surface area (Å²) in [5.74, 6) is -0.819. The van der Waals surface area contributed by atoms with Gasteiger partial charge < -0.3 is 9.84 Å². The normalized spacial score (nSPS) is 26.5. The first-order valence-corrected chi connectivity index (χ1v) is 9.28. The Hall–Kier alpha value is -1.86. The molecule has 0 radical (unpaired) electrons. The van der Waals surface area contributed by atoms with Gasteiger partial charge in [0.2, 0.25) is 0 Å². The zero-order valence-electron chi connectivity index (χ0n) is 15.6. The molecule has 0 bridgehead atoms. The summed E-state index contributed by atoms with van der Waals surface area (Å²) in [6.45, 7) is 4.76. The highest BCUT2D eigenvalue weighted by Gasteiger charge is 2.68. The standard InChI is InChI=1S/C19H24ClFN2O4/c1-18(2,3)27-17(26)23-14(8-19(11-24)9-15(19)23)16(25)22(21)10-12-5-4-6-13(20)7-12/h4-7,14-15,24H,8-11H2,1-3H3/t14-,15-,19+/m0/s1. The van der Waals surface area contributed by atoms with Crippen LogP contribution in [-0.4, -0.2) is 51.4 Å². The summed E-state index contributed by atoms with van der Waals surface area (Å²) in [4.78, 5) is 26.6. The fourth-order valence-electron chi connectivity index (χ4n) is 3.68. The molecule has 6 nitrogen and oxygen atoms in total. The lowest BCUT2D eigenvalue weighted by atomic mass is 10.00. The van der Waals surface area contributed by atoms with E-state index >= 15 is 0 Å². The van der Waals surface area contributed by atoms with Crippen molar-refractivity contribution in [3.05, 3.63) is 34.9 Å². The van der Waals surface area contributed by atoms with Crippen molar-refractivity contribution in [1.29, 1.82) is 0 Å². The molecule has 148 valence electrons. The average Bonchev–Trinajstić information content (AvgIpc) is 3.17. The first-order chi connectivity index (χ1) is 12.6. The maximum atomic E-state index is 14.6. The van der Waals surface area contributed by atoms with Crippen LogP contribution in [0.4, 0.5) is 9.28 Å². The van der Waals surface area contributed by atoms with Gasteiger partial charge in [0.15, 0.2) is 0 Å². The molecule has 1 aliphatic heterocycles. The lowest BCUT2D eigenvalue weighted by Gasteiger charge is -2.30. The number of carbonyl (C=O) groups excluding carboxylic acids is 2. The lowest BCUT2D eigenvalue weighted by Crippen LogP contribution is -2.48. The van der Waals surface area contributed by atoms with Crippen molar-refractivity contribution >= 4 is 23.6 Å². The average molecular weight is 399 g/mol. The van der Waals surface area contributed by atoms with Crippen LogP contribution in [0, 0.1) is 5.41 Å². The van der Waals surface area contributed by atoms with Crippen molar-refractivity contribution in [2.45, 2.75) is 57.8 Å². The zero-order chi connectivity index (χ0) is 20.0. The van der Waals surface area contributed by atoms with E-state index in [1.807, 2.05) is 0 Å². The number of piperidine rings is 1. The van der Waals surface area contributed by atoms with E-state index in [-0.39, 0.29) is 30.7 Å². The Morgan fingerprint density at radius 1 is 1.41 bits per heavy atom. The number of hydrogen-bond donors (Lipinski definition) is 1. The van der Waals surface area contributed by atoms with Gasteiger partial charge in [0.25, 0.3) is 5.91 Å². The second-order valence-corrected chi connectivity index (χ2v) is 8.77. The molecule has 2 amide bonds. The minimum Gasteiger partial charge on any atom is -0.444 e. The number of aliphatic hydroxyl groups is 1. The van der Waals surface area contributed by atoms with Gasteiger partial charge in [-0.2, -0.15) is 5.12 Å². The number of fused-ring (bicyclic) bond motifs is 1. The van der Waals surface area contributed by atoms with E-state index in [1.165, 1.54) is 4.90 Å². The maximum absolute atomic E-state index is 14.6. The SMILES string of the molecule is CC(C)(C)OC(=O)N1[C@H]2C[C@@]2(CO)C[C@H]1C(=O)N(F)Cc1cccc(Cl)c1. The van der Waals surface area contributed by atoms with E-state index < -0.39 is 29.1 Å². The van der Waals surface area contributed by atoms with E-state index in [0.29, 0.717) is 17.0 Å². The quantitative estimate of drug-likeness (QED) is 0.790. The van der Waals surface area contributed by atoms with Gasteiger partial charge in [-0.3, -0.25) is 9.69 Å². The minimum absolute atomic E-state index is 0.101.